The molecule has 4 nitrogen and oxygen atoms in total. The maximum atomic E-state index is 4.80. The van der Waals surface area contributed by atoms with E-state index in [0.717, 1.165) is 34.0 Å². The highest BCUT2D eigenvalue weighted by Crippen LogP contribution is 2.33. The van der Waals surface area contributed by atoms with E-state index < -0.39 is 0 Å². The SMILES string of the molecule is Cc1ccccc1N=Nc1c(-c2ccc(C(C)C)cc2)nc2ccccn12. The highest BCUT2D eigenvalue weighted by Gasteiger charge is 2.14. The molecule has 0 spiro atoms. The van der Waals surface area contributed by atoms with Crippen LogP contribution in [0.1, 0.15) is 30.9 Å². The van der Waals surface area contributed by atoms with Crippen molar-refractivity contribution in [3.8, 4) is 11.3 Å². The molecule has 0 atom stereocenters. The first-order chi connectivity index (χ1) is 13.1. The number of hydrogen-bond acceptors (Lipinski definition) is 3. The first-order valence-electron chi connectivity index (χ1n) is 9.18. The number of rotatable bonds is 4. The summed E-state index contributed by atoms with van der Waals surface area (Å²) in [5.74, 6) is 1.24. The van der Waals surface area contributed by atoms with E-state index in [-0.39, 0.29) is 0 Å². The predicted octanol–water partition coefficient (Wildman–Crippen LogP) is 6.85. The number of azo groups is 1. The summed E-state index contributed by atoms with van der Waals surface area (Å²) in [6.07, 6.45) is 1.97. The summed E-state index contributed by atoms with van der Waals surface area (Å²) in [5.41, 5.74) is 6.02. The zero-order chi connectivity index (χ0) is 18.8. The lowest BCUT2D eigenvalue weighted by Crippen LogP contribution is -1.87. The van der Waals surface area contributed by atoms with Crippen molar-refractivity contribution in [3.05, 3.63) is 84.1 Å². The first-order valence-corrected chi connectivity index (χ1v) is 9.18. The van der Waals surface area contributed by atoms with Crippen LogP contribution in [0, 0.1) is 6.92 Å². The number of aromatic nitrogens is 2. The van der Waals surface area contributed by atoms with E-state index >= 15 is 0 Å². The van der Waals surface area contributed by atoms with Gasteiger partial charge in [0.2, 0.25) is 0 Å². The van der Waals surface area contributed by atoms with Crippen molar-refractivity contribution >= 4 is 17.2 Å². The molecule has 4 aromatic rings. The number of aryl methyl sites for hydroxylation is 1. The van der Waals surface area contributed by atoms with Gasteiger partial charge in [-0.15, -0.1) is 10.2 Å². The third-order valence-corrected chi connectivity index (χ3v) is 4.72. The second-order valence-electron chi connectivity index (χ2n) is 6.98. The summed E-state index contributed by atoms with van der Waals surface area (Å²) in [6, 6.07) is 22.5. The summed E-state index contributed by atoms with van der Waals surface area (Å²) in [6.45, 7) is 6.43. The van der Waals surface area contributed by atoms with Crippen LogP contribution in [-0.4, -0.2) is 9.38 Å². The first kappa shape index (κ1) is 17.2. The second-order valence-corrected chi connectivity index (χ2v) is 6.98. The molecular formula is C23H22N4. The lowest BCUT2D eigenvalue weighted by atomic mass is 10.0. The quantitative estimate of drug-likeness (QED) is 0.370. The van der Waals surface area contributed by atoms with Gasteiger partial charge in [-0.05, 0) is 42.2 Å². The summed E-state index contributed by atoms with van der Waals surface area (Å²) in [4.78, 5) is 4.80. The minimum atomic E-state index is 0.500. The smallest absolute Gasteiger partial charge is 0.187 e. The Morgan fingerprint density at radius 3 is 2.33 bits per heavy atom. The molecule has 0 aliphatic carbocycles. The van der Waals surface area contributed by atoms with E-state index in [9.17, 15) is 0 Å². The lowest BCUT2D eigenvalue weighted by molar-refractivity contribution is 0.867. The van der Waals surface area contributed by atoms with Crippen LogP contribution < -0.4 is 0 Å². The Bertz CT molecular complexity index is 1100. The average molecular weight is 354 g/mol. The summed E-state index contributed by atoms with van der Waals surface area (Å²) < 4.78 is 1.98. The zero-order valence-corrected chi connectivity index (χ0v) is 15.8. The van der Waals surface area contributed by atoms with E-state index in [2.05, 4.69) is 48.3 Å². The van der Waals surface area contributed by atoms with Gasteiger partial charge in [0, 0.05) is 11.8 Å². The molecule has 0 saturated heterocycles. The summed E-state index contributed by atoms with van der Waals surface area (Å²) in [7, 11) is 0. The number of fused-ring (bicyclic) bond motifs is 1. The van der Waals surface area contributed by atoms with Gasteiger partial charge in [-0.3, -0.25) is 4.40 Å². The molecule has 27 heavy (non-hydrogen) atoms. The van der Waals surface area contributed by atoms with Crippen molar-refractivity contribution in [2.45, 2.75) is 26.7 Å². The molecule has 0 aliphatic heterocycles. The van der Waals surface area contributed by atoms with Gasteiger partial charge in [-0.2, -0.15) is 0 Å². The standard InChI is InChI=1S/C23H22N4/c1-16(2)18-11-13-19(14-12-18)22-23(27-15-7-6-10-21(27)24-22)26-25-20-9-5-4-8-17(20)3/h4-16H,1-3H3. The Morgan fingerprint density at radius 2 is 1.59 bits per heavy atom. The Balaban J connectivity index is 1.83. The minimum Gasteiger partial charge on any atom is -0.283 e. The van der Waals surface area contributed by atoms with Crippen LogP contribution in [0.2, 0.25) is 0 Å². The monoisotopic (exact) mass is 354 g/mol. The molecule has 0 saturated carbocycles. The molecule has 0 radical (unpaired) electrons. The van der Waals surface area contributed by atoms with Crippen molar-refractivity contribution in [1.82, 2.24) is 9.38 Å². The largest absolute Gasteiger partial charge is 0.283 e. The van der Waals surface area contributed by atoms with Gasteiger partial charge in [0.15, 0.2) is 5.82 Å². The van der Waals surface area contributed by atoms with E-state index in [0.29, 0.717) is 5.92 Å². The van der Waals surface area contributed by atoms with Crippen LogP contribution in [0.15, 0.2) is 83.2 Å². The van der Waals surface area contributed by atoms with Crippen LogP contribution in [0.3, 0.4) is 0 Å². The topological polar surface area (TPSA) is 42.0 Å². The van der Waals surface area contributed by atoms with Gasteiger partial charge in [0.25, 0.3) is 0 Å². The van der Waals surface area contributed by atoms with E-state index in [1.807, 2.05) is 60.0 Å². The fourth-order valence-corrected chi connectivity index (χ4v) is 3.07. The molecule has 0 amide bonds. The van der Waals surface area contributed by atoms with Crippen molar-refractivity contribution in [3.63, 3.8) is 0 Å². The highest BCUT2D eigenvalue weighted by molar-refractivity contribution is 5.74. The molecule has 2 heterocycles. The maximum absolute atomic E-state index is 4.80. The van der Waals surface area contributed by atoms with Crippen molar-refractivity contribution in [2.24, 2.45) is 10.2 Å². The Hall–Kier alpha value is -3.27. The molecular weight excluding hydrogens is 332 g/mol. The molecule has 0 bridgehead atoms. The normalized spacial score (nSPS) is 11.7. The molecule has 0 fully saturated rings. The maximum Gasteiger partial charge on any atom is 0.187 e. The fourth-order valence-electron chi connectivity index (χ4n) is 3.07. The van der Waals surface area contributed by atoms with Gasteiger partial charge in [-0.25, -0.2) is 4.98 Å². The molecule has 0 unspecified atom stereocenters. The van der Waals surface area contributed by atoms with Crippen molar-refractivity contribution in [1.29, 1.82) is 0 Å². The van der Waals surface area contributed by atoms with E-state index in [4.69, 9.17) is 4.98 Å². The minimum absolute atomic E-state index is 0.500. The van der Waals surface area contributed by atoms with Gasteiger partial charge < -0.3 is 0 Å². The molecule has 134 valence electrons. The number of benzene rings is 2. The van der Waals surface area contributed by atoms with Crippen molar-refractivity contribution < 1.29 is 0 Å². The number of imidazole rings is 1. The third-order valence-electron chi connectivity index (χ3n) is 4.72. The lowest BCUT2D eigenvalue weighted by Gasteiger charge is -2.06. The predicted molar refractivity (Wildman–Crippen MR) is 110 cm³/mol. The number of nitrogens with zero attached hydrogens (tertiary/aromatic N) is 4. The molecule has 2 aromatic heterocycles. The molecule has 4 rings (SSSR count). The molecule has 4 heteroatoms. The Morgan fingerprint density at radius 1 is 0.852 bits per heavy atom. The number of hydrogen-bond donors (Lipinski definition) is 0. The van der Waals surface area contributed by atoms with Crippen LogP contribution in [0.25, 0.3) is 16.9 Å². The van der Waals surface area contributed by atoms with Gasteiger partial charge >= 0.3 is 0 Å². The van der Waals surface area contributed by atoms with Gasteiger partial charge in [0.05, 0.1) is 5.69 Å². The Labute approximate surface area is 159 Å². The van der Waals surface area contributed by atoms with E-state index in [1.54, 1.807) is 0 Å². The van der Waals surface area contributed by atoms with Crippen LogP contribution in [-0.2, 0) is 0 Å². The summed E-state index contributed by atoms with van der Waals surface area (Å²) in [5, 5.41) is 9.08. The van der Waals surface area contributed by atoms with Gasteiger partial charge in [0.1, 0.15) is 11.3 Å². The summed E-state index contributed by atoms with van der Waals surface area (Å²) >= 11 is 0. The van der Waals surface area contributed by atoms with Crippen LogP contribution >= 0.6 is 0 Å². The zero-order valence-electron chi connectivity index (χ0n) is 15.8. The number of pyridine rings is 1. The fraction of sp³-hybridized carbons (Fsp3) is 0.174. The van der Waals surface area contributed by atoms with Crippen LogP contribution in [0.5, 0.6) is 0 Å². The highest BCUT2D eigenvalue weighted by atomic mass is 15.2. The average Bonchev–Trinajstić information content (AvgIpc) is 3.06. The Kier molecular flexibility index (Phi) is 4.55. The molecule has 0 aliphatic rings. The van der Waals surface area contributed by atoms with Crippen LogP contribution in [0.4, 0.5) is 11.5 Å². The molecule has 2 aromatic carbocycles. The molecule has 0 N–H and O–H groups in total. The van der Waals surface area contributed by atoms with Gasteiger partial charge in [-0.1, -0.05) is 62.4 Å². The van der Waals surface area contributed by atoms with Crippen molar-refractivity contribution in [2.75, 3.05) is 0 Å². The third kappa shape index (κ3) is 3.38. The van der Waals surface area contributed by atoms with E-state index in [1.165, 1.54) is 5.56 Å². The second kappa shape index (κ2) is 7.16.